The van der Waals surface area contributed by atoms with Crippen molar-refractivity contribution in [1.29, 1.82) is 0 Å². The molecule has 6 heteroatoms. The van der Waals surface area contributed by atoms with Gasteiger partial charge in [0.1, 0.15) is 10.8 Å². The van der Waals surface area contributed by atoms with Crippen LogP contribution >= 0.6 is 22.9 Å². The normalized spacial score (nSPS) is 10.2. The van der Waals surface area contributed by atoms with Crippen molar-refractivity contribution >= 4 is 28.8 Å². The van der Waals surface area contributed by atoms with Gasteiger partial charge in [-0.05, 0) is 17.9 Å². The van der Waals surface area contributed by atoms with Crippen molar-refractivity contribution in [1.82, 2.24) is 15.3 Å². The van der Waals surface area contributed by atoms with Crippen LogP contribution in [0.1, 0.15) is 15.4 Å². The molecule has 0 aliphatic carbocycles. The molecule has 2 heterocycles. The summed E-state index contributed by atoms with van der Waals surface area (Å²) >= 11 is 7.32. The lowest BCUT2D eigenvalue weighted by Gasteiger charge is -2.03. The van der Waals surface area contributed by atoms with Crippen LogP contribution in [-0.2, 0) is 6.42 Å². The van der Waals surface area contributed by atoms with Crippen LogP contribution in [0, 0.1) is 0 Å². The molecule has 0 spiro atoms. The molecule has 0 saturated carbocycles. The van der Waals surface area contributed by atoms with Crippen LogP contribution in [0.4, 0.5) is 0 Å². The lowest BCUT2D eigenvalue weighted by molar-refractivity contribution is 0.0949. The number of nitrogens with zero attached hydrogens (tertiary/aromatic N) is 2. The first kappa shape index (κ1) is 12.0. The van der Waals surface area contributed by atoms with E-state index in [9.17, 15) is 4.79 Å². The van der Waals surface area contributed by atoms with Crippen molar-refractivity contribution in [2.45, 2.75) is 6.42 Å². The molecule has 0 unspecified atom stereocenters. The summed E-state index contributed by atoms with van der Waals surface area (Å²) in [5, 5.41) is 5.00. The van der Waals surface area contributed by atoms with E-state index >= 15 is 0 Å². The number of hydrogen-bond acceptors (Lipinski definition) is 4. The van der Waals surface area contributed by atoms with Crippen LogP contribution in [0.15, 0.2) is 29.9 Å². The minimum atomic E-state index is -0.253. The monoisotopic (exact) mass is 267 g/mol. The average molecular weight is 268 g/mol. The van der Waals surface area contributed by atoms with Gasteiger partial charge in [0.2, 0.25) is 0 Å². The van der Waals surface area contributed by atoms with Crippen LogP contribution in [0.2, 0.25) is 5.15 Å². The van der Waals surface area contributed by atoms with Gasteiger partial charge in [0.05, 0.1) is 12.4 Å². The third kappa shape index (κ3) is 3.51. The first-order chi connectivity index (χ1) is 8.25. The number of carbonyl (C=O) groups is 1. The molecule has 0 aromatic carbocycles. The van der Waals surface area contributed by atoms with Gasteiger partial charge in [-0.3, -0.25) is 9.78 Å². The molecule has 0 aliphatic rings. The maximum atomic E-state index is 11.7. The van der Waals surface area contributed by atoms with E-state index in [4.69, 9.17) is 11.6 Å². The van der Waals surface area contributed by atoms with Crippen molar-refractivity contribution in [3.05, 3.63) is 45.6 Å². The SMILES string of the molecule is O=C(NCCc1cccs1)c1cncc(Cl)n1. The Labute approximate surface area is 108 Å². The fraction of sp³-hybridized carbons (Fsp3) is 0.182. The summed E-state index contributed by atoms with van der Waals surface area (Å²) < 4.78 is 0. The number of amides is 1. The Balaban J connectivity index is 1.85. The van der Waals surface area contributed by atoms with E-state index in [1.54, 1.807) is 11.3 Å². The second-order valence-corrected chi connectivity index (χ2v) is 4.73. The summed E-state index contributed by atoms with van der Waals surface area (Å²) in [7, 11) is 0. The van der Waals surface area contributed by atoms with Crippen molar-refractivity contribution < 1.29 is 4.79 Å². The zero-order valence-corrected chi connectivity index (χ0v) is 10.5. The largest absolute Gasteiger partial charge is 0.350 e. The molecule has 1 amide bonds. The number of carbonyl (C=O) groups excluding carboxylic acids is 1. The predicted octanol–water partition coefficient (Wildman–Crippen LogP) is 2.16. The topological polar surface area (TPSA) is 54.9 Å². The maximum absolute atomic E-state index is 11.7. The quantitative estimate of drug-likeness (QED) is 0.924. The molecule has 4 nitrogen and oxygen atoms in total. The number of thiophene rings is 1. The molecule has 0 bridgehead atoms. The molecule has 88 valence electrons. The summed E-state index contributed by atoms with van der Waals surface area (Å²) in [6.07, 6.45) is 3.60. The Bertz CT molecular complexity index is 501. The van der Waals surface area contributed by atoms with E-state index in [0.29, 0.717) is 6.54 Å². The van der Waals surface area contributed by atoms with Gasteiger partial charge in [-0.1, -0.05) is 17.7 Å². The van der Waals surface area contributed by atoms with Gasteiger partial charge in [-0.25, -0.2) is 4.98 Å². The molecule has 0 saturated heterocycles. The van der Waals surface area contributed by atoms with Gasteiger partial charge in [-0.2, -0.15) is 0 Å². The van der Waals surface area contributed by atoms with E-state index in [-0.39, 0.29) is 16.8 Å². The Morgan fingerprint density at radius 1 is 1.47 bits per heavy atom. The van der Waals surface area contributed by atoms with Gasteiger partial charge in [0.25, 0.3) is 5.91 Å². The Morgan fingerprint density at radius 2 is 2.35 bits per heavy atom. The molecular formula is C11H10ClN3OS. The second kappa shape index (κ2) is 5.75. The van der Waals surface area contributed by atoms with Crippen LogP contribution in [0.3, 0.4) is 0 Å². The molecule has 0 atom stereocenters. The highest BCUT2D eigenvalue weighted by Crippen LogP contribution is 2.08. The van der Waals surface area contributed by atoms with Crippen molar-refractivity contribution in [3.8, 4) is 0 Å². The van der Waals surface area contributed by atoms with E-state index in [0.717, 1.165) is 6.42 Å². The Kier molecular flexibility index (Phi) is 4.06. The van der Waals surface area contributed by atoms with Gasteiger partial charge >= 0.3 is 0 Å². The third-order valence-electron chi connectivity index (χ3n) is 2.07. The molecule has 2 rings (SSSR count). The minimum absolute atomic E-state index is 0.218. The number of rotatable bonds is 4. The van der Waals surface area contributed by atoms with Gasteiger partial charge in [-0.15, -0.1) is 11.3 Å². The lowest BCUT2D eigenvalue weighted by atomic mass is 10.3. The lowest BCUT2D eigenvalue weighted by Crippen LogP contribution is -2.26. The molecule has 17 heavy (non-hydrogen) atoms. The van der Waals surface area contributed by atoms with Crippen molar-refractivity contribution in [2.75, 3.05) is 6.54 Å². The van der Waals surface area contributed by atoms with E-state index in [1.807, 2.05) is 17.5 Å². The number of aromatic nitrogens is 2. The van der Waals surface area contributed by atoms with Crippen LogP contribution in [0.25, 0.3) is 0 Å². The van der Waals surface area contributed by atoms with E-state index in [1.165, 1.54) is 17.3 Å². The van der Waals surface area contributed by atoms with Gasteiger partial charge in [0, 0.05) is 11.4 Å². The van der Waals surface area contributed by atoms with Gasteiger partial charge < -0.3 is 5.32 Å². The molecular weight excluding hydrogens is 258 g/mol. The zero-order valence-electron chi connectivity index (χ0n) is 8.89. The number of hydrogen-bond donors (Lipinski definition) is 1. The molecule has 1 N–H and O–H groups in total. The Morgan fingerprint density at radius 3 is 3.06 bits per heavy atom. The van der Waals surface area contributed by atoms with Crippen LogP contribution in [0.5, 0.6) is 0 Å². The highest BCUT2D eigenvalue weighted by Gasteiger charge is 2.07. The summed E-state index contributed by atoms with van der Waals surface area (Å²) in [4.78, 5) is 20.6. The van der Waals surface area contributed by atoms with Crippen LogP contribution in [-0.4, -0.2) is 22.4 Å². The van der Waals surface area contributed by atoms with E-state index < -0.39 is 0 Å². The summed E-state index contributed by atoms with van der Waals surface area (Å²) in [6, 6.07) is 4.03. The first-order valence-corrected chi connectivity index (χ1v) is 6.29. The molecule has 0 aliphatic heterocycles. The summed E-state index contributed by atoms with van der Waals surface area (Å²) in [5.41, 5.74) is 0.240. The maximum Gasteiger partial charge on any atom is 0.271 e. The van der Waals surface area contributed by atoms with Crippen LogP contribution < -0.4 is 5.32 Å². The number of halogens is 1. The van der Waals surface area contributed by atoms with Crippen molar-refractivity contribution in [3.63, 3.8) is 0 Å². The highest BCUT2D eigenvalue weighted by molar-refractivity contribution is 7.09. The fourth-order valence-corrected chi connectivity index (χ4v) is 2.15. The summed E-state index contributed by atoms with van der Waals surface area (Å²) in [6.45, 7) is 0.577. The van der Waals surface area contributed by atoms with Crippen molar-refractivity contribution in [2.24, 2.45) is 0 Å². The molecule has 2 aromatic rings. The smallest absolute Gasteiger partial charge is 0.271 e. The minimum Gasteiger partial charge on any atom is -0.350 e. The third-order valence-corrected chi connectivity index (χ3v) is 3.19. The number of nitrogens with one attached hydrogen (secondary N) is 1. The molecule has 0 fully saturated rings. The molecule has 0 radical (unpaired) electrons. The Hall–Kier alpha value is -1.46. The van der Waals surface area contributed by atoms with Gasteiger partial charge in [0.15, 0.2) is 0 Å². The van der Waals surface area contributed by atoms with E-state index in [2.05, 4.69) is 15.3 Å². The summed E-state index contributed by atoms with van der Waals surface area (Å²) in [5.74, 6) is -0.253. The standard InChI is InChI=1S/C11H10ClN3OS/c12-10-7-13-6-9(15-10)11(16)14-4-3-8-2-1-5-17-8/h1-2,5-7H,3-4H2,(H,14,16). The molecule has 2 aromatic heterocycles. The predicted molar refractivity (Wildman–Crippen MR) is 67.4 cm³/mol. The average Bonchev–Trinajstić information content (AvgIpc) is 2.82. The first-order valence-electron chi connectivity index (χ1n) is 5.04. The zero-order chi connectivity index (χ0) is 12.1. The fourth-order valence-electron chi connectivity index (χ4n) is 1.30. The highest BCUT2D eigenvalue weighted by atomic mass is 35.5. The second-order valence-electron chi connectivity index (χ2n) is 3.31.